The Hall–Kier alpha value is -3.33. The van der Waals surface area contributed by atoms with Crippen LogP contribution < -0.4 is 21.3 Å². The normalized spacial score (nSPS) is 10.3. The lowest BCUT2D eigenvalue weighted by Gasteiger charge is -2.21. The van der Waals surface area contributed by atoms with E-state index in [1.54, 1.807) is 18.5 Å². The third kappa shape index (κ3) is 7.44. The van der Waals surface area contributed by atoms with Crippen molar-refractivity contribution in [1.29, 1.82) is 0 Å². The van der Waals surface area contributed by atoms with Crippen LogP contribution in [0.1, 0.15) is 33.3 Å². The first kappa shape index (κ1) is 32.9. The van der Waals surface area contributed by atoms with Crippen LogP contribution in [0.15, 0.2) is 48.8 Å². The molecular formula is C29H37Cl3N8. The van der Waals surface area contributed by atoms with Crippen LogP contribution in [0.4, 0.5) is 23.5 Å². The average molecular weight is 604 g/mol. The summed E-state index contributed by atoms with van der Waals surface area (Å²) in [6.45, 7) is 7.34. The minimum Gasteiger partial charge on any atom is -0.383 e. The van der Waals surface area contributed by atoms with E-state index in [1.807, 2.05) is 75.0 Å². The largest absolute Gasteiger partial charge is 0.383 e. The lowest BCUT2D eigenvalue weighted by Crippen LogP contribution is -2.27. The number of hydrogen-bond donors (Lipinski definition) is 2. The van der Waals surface area contributed by atoms with Crippen molar-refractivity contribution in [3.63, 3.8) is 0 Å². The molecule has 4 N–H and O–H groups in total. The van der Waals surface area contributed by atoms with E-state index in [0.717, 1.165) is 23.1 Å². The number of nitrogens with two attached hydrogens (primary N) is 2. The fourth-order valence-corrected chi connectivity index (χ4v) is 4.49. The molecule has 4 aromatic rings. The van der Waals surface area contributed by atoms with Gasteiger partial charge in [0.2, 0.25) is 11.9 Å². The first-order valence-corrected chi connectivity index (χ1v) is 13.7. The van der Waals surface area contributed by atoms with Crippen LogP contribution in [0.5, 0.6) is 0 Å². The summed E-state index contributed by atoms with van der Waals surface area (Å²) in [6, 6.07) is 11.1. The second kappa shape index (κ2) is 14.9. The first-order chi connectivity index (χ1) is 18.7. The van der Waals surface area contributed by atoms with E-state index < -0.39 is 0 Å². The van der Waals surface area contributed by atoms with E-state index in [1.165, 1.54) is 0 Å². The Bertz CT molecular complexity index is 1320. The molecule has 11 heteroatoms. The minimum atomic E-state index is 0. The number of benzene rings is 2. The van der Waals surface area contributed by atoms with Gasteiger partial charge in [0.15, 0.2) is 0 Å². The molecule has 0 aliphatic carbocycles. The molecule has 8 nitrogen and oxygen atoms in total. The zero-order valence-corrected chi connectivity index (χ0v) is 25.0. The van der Waals surface area contributed by atoms with Crippen LogP contribution in [-0.2, 0) is 0 Å². The number of hydrogen-bond acceptors (Lipinski definition) is 8. The van der Waals surface area contributed by atoms with Gasteiger partial charge in [-0.05, 0) is 36.6 Å². The summed E-state index contributed by atoms with van der Waals surface area (Å²) in [5.41, 5.74) is 16.4. The summed E-state index contributed by atoms with van der Waals surface area (Å²) < 4.78 is 0. The topological polar surface area (TPSA) is 110 Å². The van der Waals surface area contributed by atoms with E-state index in [9.17, 15) is 0 Å². The summed E-state index contributed by atoms with van der Waals surface area (Å²) in [6.07, 6.45) is 4.21. The van der Waals surface area contributed by atoms with Crippen molar-refractivity contribution in [2.75, 3.05) is 48.5 Å². The molecular weight excluding hydrogens is 567 g/mol. The Morgan fingerprint density at radius 1 is 0.700 bits per heavy atom. The molecule has 0 radical (unpaired) electrons. The molecule has 0 aliphatic heterocycles. The SMILES string of the molecule is C.CC.Cc1c(Cl)cccc1-c1cnc(N(C)CCCN(C)c2ncc(-c3cccc(Cl)c3Cl)c(N)n2)nc1N. The molecule has 0 amide bonds. The summed E-state index contributed by atoms with van der Waals surface area (Å²) in [5.74, 6) is 1.80. The zero-order valence-electron chi connectivity index (χ0n) is 22.7. The van der Waals surface area contributed by atoms with E-state index in [0.29, 0.717) is 62.8 Å². The van der Waals surface area contributed by atoms with Gasteiger partial charge in [-0.3, -0.25) is 0 Å². The molecule has 0 unspecified atom stereocenters. The number of rotatable bonds is 8. The number of anilines is 4. The van der Waals surface area contributed by atoms with Crippen LogP contribution >= 0.6 is 34.8 Å². The van der Waals surface area contributed by atoms with E-state index in [4.69, 9.17) is 46.3 Å². The maximum absolute atomic E-state index is 6.33. The van der Waals surface area contributed by atoms with Crippen molar-refractivity contribution in [1.82, 2.24) is 19.9 Å². The maximum Gasteiger partial charge on any atom is 0.227 e. The third-order valence-corrected chi connectivity index (χ3v) is 7.31. The Morgan fingerprint density at radius 2 is 1.15 bits per heavy atom. The Balaban J connectivity index is 0.00000183. The quantitative estimate of drug-likeness (QED) is 0.211. The third-order valence-electron chi connectivity index (χ3n) is 6.08. The molecule has 2 aromatic carbocycles. The minimum absolute atomic E-state index is 0. The molecule has 0 fully saturated rings. The molecule has 0 bridgehead atoms. The van der Waals surface area contributed by atoms with Crippen molar-refractivity contribution in [2.24, 2.45) is 0 Å². The standard InChI is InChI=1S/C26H27Cl3N8.C2H6.CH4/c1-15-16(7-4-9-20(15)27)18-13-32-25(34-23(18)30)36(2)11-6-12-37(3)26-33-14-19(24(31)35-26)17-8-5-10-21(28)22(17)29;1-2;/h4-5,7-10,13-14H,6,11-12H2,1-3H3,(H2,30,32,34)(H2,31,33,35);1-2H3;1H4. The first-order valence-electron chi connectivity index (χ1n) is 12.5. The smallest absolute Gasteiger partial charge is 0.227 e. The molecule has 0 saturated heterocycles. The average Bonchev–Trinajstić information content (AvgIpc) is 2.93. The Labute approximate surface area is 252 Å². The van der Waals surface area contributed by atoms with Crippen molar-refractivity contribution >= 4 is 58.3 Å². The van der Waals surface area contributed by atoms with Crippen LogP contribution in [0.25, 0.3) is 22.3 Å². The van der Waals surface area contributed by atoms with Gasteiger partial charge in [0.25, 0.3) is 0 Å². The molecule has 2 heterocycles. The van der Waals surface area contributed by atoms with Crippen molar-refractivity contribution < 1.29 is 0 Å². The predicted molar refractivity (Wildman–Crippen MR) is 173 cm³/mol. The molecule has 4 rings (SSSR count). The number of halogens is 3. The van der Waals surface area contributed by atoms with E-state index in [-0.39, 0.29) is 7.43 Å². The van der Waals surface area contributed by atoms with Crippen molar-refractivity contribution in [3.8, 4) is 22.3 Å². The molecule has 0 atom stereocenters. The molecule has 2 aromatic heterocycles. The van der Waals surface area contributed by atoms with Gasteiger partial charge >= 0.3 is 0 Å². The van der Waals surface area contributed by atoms with Gasteiger partial charge in [0, 0.05) is 61.3 Å². The van der Waals surface area contributed by atoms with E-state index in [2.05, 4.69) is 19.9 Å². The van der Waals surface area contributed by atoms with Crippen LogP contribution in [0.2, 0.25) is 15.1 Å². The zero-order chi connectivity index (χ0) is 28.7. The van der Waals surface area contributed by atoms with Gasteiger partial charge < -0.3 is 21.3 Å². The highest BCUT2D eigenvalue weighted by atomic mass is 35.5. The predicted octanol–water partition coefficient (Wildman–Crippen LogP) is 7.66. The lowest BCUT2D eigenvalue weighted by molar-refractivity contribution is 0.737. The molecule has 0 aliphatic rings. The highest BCUT2D eigenvalue weighted by molar-refractivity contribution is 6.43. The monoisotopic (exact) mass is 602 g/mol. The fourth-order valence-electron chi connectivity index (χ4n) is 3.91. The van der Waals surface area contributed by atoms with Gasteiger partial charge in [-0.25, -0.2) is 9.97 Å². The van der Waals surface area contributed by atoms with Gasteiger partial charge in [-0.1, -0.05) is 80.3 Å². The molecule has 0 spiro atoms. The van der Waals surface area contributed by atoms with E-state index >= 15 is 0 Å². The molecule has 0 saturated carbocycles. The molecule has 40 heavy (non-hydrogen) atoms. The molecule has 214 valence electrons. The highest BCUT2D eigenvalue weighted by Gasteiger charge is 2.15. The second-order valence-electron chi connectivity index (χ2n) is 8.65. The number of nitrogens with zero attached hydrogens (tertiary/aromatic N) is 6. The second-order valence-corrected chi connectivity index (χ2v) is 9.84. The van der Waals surface area contributed by atoms with Crippen LogP contribution in [-0.4, -0.2) is 47.1 Å². The summed E-state index contributed by atoms with van der Waals surface area (Å²) >= 11 is 18.7. The van der Waals surface area contributed by atoms with Crippen molar-refractivity contribution in [3.05, 3.63) is 69.4 Å². The van der Waals surface area contributed by atoms with Crippen molar-refractivity contribution in [2.45, 2.75) is 34.6 Å². The summed E-state index contributed by atoms with van der Waals surface area (Å²) in [4.78, 5) is 21.9. The Morgan fingerprint density at radius 3 is 1.65 bits per heavy atom. The highest BCUT2D eigenvalue weighted by Crippen LogP contribution is 2.36. The summed E-state index contributed by atoms with van der Waals surface area (Å²) in [5, 5.41) is 1.54. The van der Waals surface area contributed by atoms with Gasteiger partial charge in [0.05, 0.1) is 10.0 Å². The fraction of sp³-hybridized carbons (Fsp3) is 0.310. The van der Waals surface area contributed by atoms with Gasteiger partial charge in [-0.15, -0.1) is 0 Å². The number of aromatic nitrogens is 4. The van der Waals surface area contributed by atoms with Gasteiger partial charge in [-0.2, -0.15) is 9.97 Å². The van der Waals surface area contributed by atoms with Crippen LogP contribution in [0, 0.1) is 6.92 Å². The Kier molecular flexibility index (Phi) is 12.2. The van der Waals surface area contributed by atoms with Crippen LogP contribution in [0.3, 0.4) is 0 Å². The maximum atomic E-state index is 6.33. The summed E-state index contributed by atoms with van der Waals surface area (Å²) in [7, 11) is 3.84. The van der Waals surface area contributed by atoms with Gasteiger partial charge in [0.1, 0.15) is 11.6 Å². The lowest BCUT2D eigenvalue weighted by atomic mass is 10.0. The number of nitrogen functional groups attached to an aromatic ring is 2.